The van der Waals surface area contributed by atoms with E-state index in [-0.39, 0.29) is 25.8 Å². The van der Waals surface area contributed by atoms with Crippen molar-refractivity contribution in [3.05, 3.63) is 0 Å². The minimum absolute atomic E-state index is 0. The van der Waals surface area contributed by atoms with Crippen molar-refractivity contribution in [2.24, 2.45) is 0 Å². The number of carboxylic acid groups (broad SMARTS) is 2. The third-order valence-electron chi connectivity index (χ3n) is 0. The quantitative estimate of drug-likeness (QED) is 0.465. The molecule has 0 saturated heterocycles. The Bertz CT molecular complexity index is 29.9. The minimum Gasteiger partial charge on any atom is -0.450 e. The zero-order chi connectivity index (χ0) is 3.58. The fraction of sp³-hybridized carbons (Fsp3) is 0. The van der Waals surface area contributed by atoms with Crippen LogP contribution >= 0.6 is 0 Å². The Balaban J connectivity index is 0. The molecule has 4 heteroatoms. The molecule has 0 atom stereocenters. The van der Waals surface area contributed by atoms with E-state index in [9.17, 15) is 0 Å². The standard InChI is InChI=1S/CH2O3.Sc/c2-1(3)4;/h(H2,2,3,4);. The summed E-state index contributed by atoms with van der Waals surface area (Å²) in [6.07, 6.45) is -1.83. The van der Waals surface area contributed by atoms with Gasteiger partial charge in [0.05, 0.1) is 0 Å². The Labute approximate surface area is 47.4 Å². The summed E-state index contributed by atoms with van der Waals surface area (Å²) in [5.41, 5.74) is 0. The molecule has 3 nitrogen and oxygen atoms in total. The van der Waals surface area contributed by atoms with Gasteiger partial charge in [-0.05, 0) is 0 Å². The summed E-state index contributed by atoms with van der Waals surface area (Å²) in [5.74, 6) is 0. The van der Waals surface area contributed by atoms with Crippen LogP contribution in [0.15, 0.2) is 0 Å². The van der Waals surface area contributed by atoms with E-state index >= 15 is 0 Å². The van der Waals surface area contributed by atoms with Crippen LogP contribution in [-0.2, 0) is 25.8 Å². The van der Waals surface area contributed by atoms with Crippen LogP contribution in [0.25, 0.3) is 0 Å². The third kappa shape index (κ3) is 966. The first kappa shape index (κ1) is 8.94. The van der Waals surface area contributed by atoms with Gasteiger partial charge >= 0.3 is 6.16 Å². The molecule has 0 aliphatic rings. The van der Waals surface area contributed by atoms with E-state index in [4.69, 9.17) is 15.0 Å². The maximum Gasteiger partial charge on any atom is 0.503 e. The van der Waals surface area contributed by atoms with Gasteiger partial charge in [-0.25, -0.2) is 4.79 Å². The van der Waals surface area contributed by atoms with Crippen molar-refractivity contribution in [2.75, 3.05) is 0 Å². The van der Waals surface area contributed by atoms with Gasteiger partial charge < -0.3 is 10.2 Å². The minimum atomic E-state index is -1.83. The Hall–Kier alpha value is 0.140. The molecular weight excluding hydrogens is 105 g/mol. The van der Waals surface area contributed by atoms with Gasteiger partial charge in [-0.1, -0.05) is 0 Å². The summed E-state index contributed by atoms with van der Waals surface area (Å²) in [7, 11) is 0. The van der Waals surface area contributed by atoms with Crippen LogP contribution < -0.4 is 0 Å². The molecule has 27 valence electrons. The van der Waals surface area contributed by atoms with E-state index in [0.29, 0.717) is 0 Å². The predicted octanol–water partition coefficient (Wildman–Crippen LogP) is 0.220. The number of hydrogen-bond donors (Lipinski definition) is 2. The fourth-order valence-electron chi connectivity index (χ4n) is 0. The molecular formula is CH2O3Sc. The molecule has 0 unspecified atom stereocenters. The molecule has 0 aromatic carbocycles. The second kappa shape index (κ2) is 4.14. The van der Waals surface area contributed by atoms with E-state index < -0.39 is 6.16 Å². The Morgan fingerprint density at radius 3 is 1.40 bits per heavy atom. The Morgan fingerprint density at radius 2 is 1.40 bits per heavy atom. The van der Waals surface area contributed by atoms with Crippen molar-refractivity contribution in [1.29, 1.82) is 0 Å². The smallest absolute Gasteiger partial charge is 0.450 e. The molecule has 0 aromatic heterocycles. The average Bonchev–Trinajstić information content (AvgIpc) is 0.811. The molecule has 0 saturated carbocycles. The number of hydrogen-bond acceptors (Lipinski definition) is 1. The van der Waals surface area contributed by atoms with Crippen molar-refractivity contribution in [3.63, 3.8) is 0 Å². The average molecular weight is 107 g/mol. The van der Waals surface area contributed by atoms with Gasteiger partial charge in [0.2, 0.25) is 0 Å². The molecule has 0 aliphatic carbocycles. The van der Waals surface area contributed by atoms with Gasteiger partial charge in [0, 0.05) is 25.8 Å². The third-order valence-corrected chi connectivity index (χ3v) is 0. The van der Waals surface area contributed by atoms with Crippen LogP contribution in [-0.4, -0.2) is 16.4 Å². The molecule has 0 amide bonds. The molecule has 0 fully saturated rings. The zero-order valence-corrected chi connectivity index (χ0v) is 4.18. The van der Waals surface area contributed by atoms with E-state index in [1.807, 2.05) is 0 Å². The zero-order valence-electron chi connectivity index (χ0n) is 2.38. The van der Waals surface area contributed by atoms with E-state index in [1.165, 1.54) is 0 Å². The molecule has 0 aromatic rings. The van der Waals surface area contributed by atoms with Crippen molar-refractivity contribution < 1.29 is 40.9 Å². The van der Waals surface area contributed by atoms with Gasteiger partial charge in [-0.2, -0.15) is 0 Å². The monoisotopic (exact) mass is 107 g/mol. The second-order valence-corrected chi connectivity index (χ2v) is 0.283. The Morgan fingerprint density at radius 1 is 1.40 bits per heavy atom. The Kier molecular flexibility index (Phi) is 7.40. The van der Waals surface area contributed by atoms with Gasteiger partial charge in [-0.15, -0.1) is 0 Å². The summed E-state index contributed by atoms with van der Waals surface area (Å²) in [4.78, 5) is 8.56. The number of rotatable bonds is 0. The van der Waals surface area contributed by atoms with Gasteiger partial charge in [0.15, 0.2) is 0 Å². The van der Waals surface area contributed by atoms with E-state index in [0.717, 1.165) is 0 Å². The van der Waals surface area contributed by atoms with Crippen molar-refractivity contribution in [3.8, 4) is 0 Å². The molecule has 1 radical (unpaired) electrons. The molecule has 0 rings (SSSR count). The van der Waals surface area contributed by atoms with Crippen molar-refractivity contribution in [1.82, 2.24) is 0 Å². The summed E-state index contributed by atoms with van der Waals surface area (Å²) >= 11 is 0. The summed E-state index contributed by atoms with van der Waals surface area (Å²) in [5, 5.41) is 13.9. The van der Waals surface area contributed by atoms with Gasteiger partial charge in [0.1, 0.15) is 0 Å². The fourth-order valence-corrected chi connectivity index (χ4v) is 0. The number of carbonyl (C=O) groups is 1. The maximum atomic E-state index is 8.56. The van der Waals surface area contributed by atoms with Crippen LogP contribution in [0, 0.1) is 0 Å². The van der Waals surface area contributed by atoms with Crippen LogP contribution in [0.4, 0.5) is 4.79 Å². The normalized spacial score (nSPS) is 4.80. The predicted molar refractivity (Wildman–Crippen MR) is 10.7 cm³/mol. The first-order valence-corrected chi connectivity index (χ1v) is 0.651. The van der Waals surface area contributed by atoms with Crippen LogP contribution in [0.3, 0.4) is 0 Å². The summed E-state index contributed by atoms with van der Waals surface area (Å²) in [6.45, 7) is 0. The largest absolute Gasteiger partial charge is 0.503 e. The molecule has 0 heterocycles. The molecule has 0 bridgehead atoms. The molecule has 0 aliphatic heterocycles. The van der Waals surface area contributed by atoms with Crippen LogP contribution in [0.2, 0.25) is 0 Å². The van der Waals surface area contributed by atoms with E-state index in [2.05, 4.69) is 0 Å². The van der Waals surface area contributed by atoms with E-state index in [1.54, 1.807) is 0 Å². The molecule has 5 heavy (non-hydrogen) atoms. The van der Waals surface area contributed by atoms with Gasteiger partial charge in [-0.3, -0.25) is 0 Å². The first-order valence-electron chi connectivity index (χ1n) is 0.651. The SMILES string of the molecule is O=C(O)O.[Sc]. The van der Waals surface area contributed by atoms with Crippen LogP contribution in [0.5, 0.6) is 0 Å². The van der Waals surface area contributed by atoms with Gasteiger partial charge in [0.25, 0.3) is 0 Å². The topological polar surface area (TPSA) is 57.5 Å². The van der Waals surface area contributed by atoms with Crippen LogP contribution in [0.1, 0.15) is 0 Å². The summed E-state index contributed by atoms with van der Waals surface area (Å²) in [6, 6.07) is 0. The molecule has 0 spiro atoms. The summed E-state index contributed by atoms with van der Waals surface area (Å²) < 4.78 is 0. The maximum absolute atomic E-state index is 8.56. The second-order valence-electron chi connectivity index (χ2n) is 0.283. The molecule has 2 N–H and O–H groups in total. The van der Waals surface area contributed by atoms with Crippen molar-refractivity contribution >= 4 is 6.16 Å². The first-order chi connectivity index (χ1) is 1.73. The van der Waals surface area contributed by atoms with Crippen molar-refractivity contribution in [2.45, 2.75) is 0 Å².